The molecular weight excluding hydrogens is 272 g/mol. The minimum Gasteiger partial charge on any atom is -0.383 e. The average Bonchev–Trinajstić information content (AvgIpc) is 3.37. The van der Waals surface area contributed by atoms with Crippen molar-refractivity contribution in [2.75, 3.05) is 51.3 Å². The molecule has 1 aliphatic heterocycles. The van der Waals surface area contributed by atoms with E-state index < -0.39 is 0 Å². The molecule has 0 atom stereocenters. The van der Waals surface area contributed by atoms with Gasteiger partial charge in [0.2, 0.25) is 0 Å². The maximum absolute atomic E-state index is 5.19. The van der Waals surface area contributed by atoms with Crippen LogP contribution < -0.4 is 4.90 Å². The first-order chi connectivity index (χ1) is 10.7. The lowest BCUT2D eigenvalue weighted by Crippen LogP contribution is -2.47. The Balaban J connectivity index is 1.67. The fraction of sp³-hybridized carbons (Fsp3) is 0.684. The molecule has 1 saturated carbocycles. The summed E-state index contributed by atoms with van der Waals surface area (Å²) in [5, 5.41) is 0. The Morgan fingerprint density at radius 3 is 2.45 bits per heavy atom. The van der Waals surface area contributed by atoms with Gasteiger partial charge in [-0.05, 0) is 47.9 Å². The first-order valence-corrected chi connectivity index (χ1v) is 8.79. The van der Waals surface area contributed by atoms with Crippen molar-refractivity contribution >= 4 is 5.69 Å². The van der Waals surface area contributed by atoms with E-state index in [1.807, 2.05) is 0 Å². The summed E-state index contributed by atoms with van der Waals surface area (Å²) in [4.78, 5) is 5.06. The van der Waals surface area contributed by atoms with E-state index in [1.54, 1.807) is 18.2 Å². The SMILES string of the molecule is COCCN1CCN(c2ccc(C(C)C)c(C3CC3)c2)CC1. The van der Waals surface area contributed by atoms with Gasteiger partial charge in [-0.25, -0.2) is 0 Å². The molecule has 0 bridgehead atoms. The number of anilines is 1. The van der Waals surface area contributed by atoms with Gasteiger partial charge in [0.25, 0.3) is 0 Å². The van der Waals surface area contributed by atoms with Gasteiger partial charge in [0, 0.05) is 45.5 Å². The molecule has 2 fully saturated rings. The number of nitrogens with zero attached hydrogens (tertiary/aromatic N) is 2. The van der Waals surface area contributed by atoms with Gasteiger partial charge in [-0.1, -0.05) is 19.9 Å². The molecule has 22 heavy (non-hydrogen) atoms. The Morgan fingerprint density at radius 1 is 1.14 bits per heavy atom. The van der Waals surface area contributed by atoms with Crippen LogP contribution in [0, 0.1) is 0 Å². The normalized spacial score (nSPS) is 19.9. The highest BCUT2D eigenvalue weighted by Crippen LogP contribution is 2.44. The summed E-state index contributed by atoms with van der Waals surface area (Å²) in [5.74, 6) is 1.47. The average molecular weight is 302 g/mol. The van der Waals surface area contributed by atoms with E-state index in [9.17, 15) is 0 Å². The highest BCUT2D eigenvalue weighted by atomic mass is 16.5. The summed E-state index contributed by atoms with van der Waals surface area (Å²) in [6, 6.07) is 7.20. The molecule has 3 heteroatoms. The summed E-state index contributed by atoms with van der Waals surface area (Å²) in [7, 11) is 1.78. The zero-order chi connectivity index (χ0) is 15.5. The molecule has 3 rings (SSSR count). The van der Waals surface area contributed by atoms with Gasteiger partial charge in [0.05, 0.1) is 6.61 Å². The maximum Gasteiger partial charge on any atom is 0.0589 e. The highest BCUT2D eigenvalue weighted by molar-refractivity contribution is 5.53. The monoisotopic (exact) mass is 302 g/mol. The molecule has 0 aromatic heterocycles. The Bertz CT molecular complexity index is 488. The predicted molar refractivity (Wildman–Crippen MR) is 93.0 cm³/mol. The van der Waals surface area contributed by atoms with E-state index in [0.29, 0.717) is 5.92 Å². The lowest BCUT2D eigenvalue weighted by molar-refractivity contribution is 0.144. The van der Waals surface area contributed by atoms with Crippen LogP contribution in [0.15, 0.2) is 18.2 Å². The number of benzene rings is 1. The first-order valence-electron chi connectivity index (χ1n) is 8.79. The van der Waals surface area contributed by atoms with Gasteiger partial charge < -0.3 is 9.64 Å². The second kappa shape index (κ2) is 7.01. The predicted octanol–water partition coefficient (Wildman–Crippen LogP) is 3.46. The fourth-order valence-corrected chi connectivity index (χ4v) is 3.48. The van der Waals surface area contributed by atoms with Gasteiger partial charge in [-0.15, -0.1) is 0 Å². The third-order valence-electron chi connectivity index (χ3n) is 5.06. The topological polar surface area (TPSA) is 15.7 Å². The van der Waals surface area contributed by atoms with Crippen molar-refractivity contribution in [3.05, 3.63) is 29.3 Å². The number of ether oxygens (including phenoxy) is 1. The molecule has 0 spiro atoms. The maximum atomic E-state index is 5.19. The van der Waals surface area contributed by atoms with Gasteiger partial charge >= 0.3 is 0 Å². The molecule has 3 nitrogen and oxygen atoms in total. The molecule has 2 aliphatic rings. The number of methoxy groups -OCH3 is 1. The summed E-state index contributed by atoms with van der Waals surface area (Å²) >= 11 is 0. The lowest BCUT2D eigenvalue weighted by Gasteiger charge is -2.36. The first kappa shape index (κ1) is 15.8. The standard InChI is InChI=1S/C19H30N2O/c1-15(2)18-7-6-17(14-19(18)16-4-5-16)21-10-8-20(9-11-21)12-13-22-3/h6-7,14-16H,4-5,8-13H2,1-3H3. The molecule has 1 aromatic carbocycles. The lowest BCUT2D eigenvalue weighted by atomic mass is 9.93. The minimum absolute atomic E-state index is 0.635. The van der Waals surface area contributed by atoms with Crippen LogP contribution in [0.4, 0.5) is 5.69 Å². The number of hydrogen-bond acceptors (Lipinski definition) is 3. The van der Waals surface area contributed by atoms with Crippen LogP contribution in [0.2, 0.25) is 0 Å². The summed E-state index contributed by atoms with van der Waals surface area (Å²) < 4.78 is 5.19. The van der Waals surface area contributed by atoms with Gasteiger partial charge in [0.15, 0.2) is 0 Å². The van der Waals surface area contributed by atoms with E-state index >= 15 is 0 Å². The van der Waals surface area contributed by atoms with Crippen LogP contribution in [0.5, 0.6) is 0 Å². The highest BCUT2D eigenvalue weighted by Gasteiger charge is 2.28. The molecule has 0 amide bonds. The van der Waals surface area contributed by atoms with Gasteiger partial charge in [-0.2, -0.15) is 0 Å². The van der Waals surface area contributed by atoms with Crippen molar-refractivity contribution in [3.8, 4) is 0 Å². The van der Waals surface area contributed by atoms with E-state index in [4.69, 9.17) is 4.74 Å². The van der Waals surface area contributed by atoms with E-state index in [-0.39, 0.29) is 0 Å². The van der Waals surface area contributed by atoms with Crippen molar-refractivity contribution in [2.24, 2.45) is 0 Å². The Hall–Kier alpha value is -1.06. The number of hydrogen-bond donors (Lipinski definition) is 0. The van der Waals surface area contributed by atoms with Crippen LogP contribution in [0.3, 0.4) is 0 Å². The second-order valence-electron chi connectivity index (χ2n) is 7.06. The third-order valence-corrected chi connectivity index (χ3v) is 5.06. The molecule has 0 unspecified atom stereocenters. The zero-order valence-corrected chi connectivity index (χ0v) is 14.3. The summed E-state index contributed by atoms with van der Waals surface area (Å²) in [5.41, 5.74) is 4.61. The van der Waals surface area contributed by atoms with Crippen molar-refractivity contribution in [1.82, 2.24) is 4.90 Å². The van der Waals surface area contributed by atoms with E-state index in [1.165, 1.54) is 18.5 Å². The largest absolute Gasteiger partial charge is 0.383 e. The minimum atomic E-state index is 0.635. The van der Waals surface area contributed by atoms with Crippen molar-refractivity contribution < 1.29 is 4.74 Å². The van der Waals surface area contributed by atoms with Crippen molar-refractivity contribution in [3.63, 3.8) is 0 Å². The summed E-state index contributed by atoms with van der Waals surface area (Å²) in [6.07, 6.45) is 2.77. The molecule has 1 saturated heterocycles. The van der Waals surface area contributed by atoms with Crippen LogP contribution >= 0.6 is 0 Å². The Morgan fingerprint density at radius 2 is 1.86 bits per heavy atom. The smallest absolute Gasteiger partial charge is 0.0589 e. The molecule has 1 heterocycles. The fourth-order valence-electron chi connectivity index (χ4n) is 3.48. The van der Waals surface area contributed by atoms with Crippen LogP contribution in [-0.2, 0) is 4.74 Å². The van der Waals surface area contributed by atoms with Gasteiger partial charge in [-0.3, -0.25) is 4.90 Å². The Kier molecular flexibility index (Phi) is 5.04. The molecule has 0 radical (unpaired) electrons. The van der Waals surface area contributed by atoms with Crippen molar-refractivity contribution in [2.45, 2.75) is 38.5 Å². The van der Waals surface area contributed by atoms with Crippen molar-refractivity contribution in [1.29, 1.82) is 0 Å². The zero-order valence-electron chi connectivity index (χ0n) is 14.3. The molecular formula is C19H30N2O. The molecule has 1 aromatic rings. The summed E-state index contributed by atoms with van der Waals surface area (Å²) in [6.45, 7) is 11.1. The second-order valence-corrected chi connectivity index (χ2v) is 7.06. The molecule has 122 valence electrons. The quantitative estimate of drug-likeness (QED) is 0.800. The Labute approximate surface area is 135 Å². The third kappa shape index (κ3) is 3.64. The van der Waals surface area contributed by atoms with E-state index in [0.717, 1.165) is 45.2 Å². The molecule has 0 N–H and O–H groups in total. The van der Waals surface area contributed by atoms with Crippen LogP contribution in [-0.4, -0.2) is 51.3 Å². The van der Waals surface area contributed by atoms with Crippen LogP contribution in [0.25, 0.3) is 0 Å². The number of piperazine rings is 1. The van der Waals surface area contributed by atoms with Crippen LogP contribution in [0.1, 0.15) is 49.7 Å². The molecule has 1 aliphatic carbocycles. The van der Waals surface area contributed by atoms with Gasteiger partial charge in [0.1, 0.15) is 0 Å². The number of rotatable bonds is 6. The van der Waals surface area contributed by atoms with E-state index in [2.05, 4.69) is 41.8 Å².